The van der Waals surface area contributed by atoms with Crippen molar-refractivity contribution >= 4 is 0 Å². The molecule has 0 bridgehead atoms. The molecule has 94 valence electrons. The van der Waals surface area contributed by atoms with E-state index in [-0.39, 0.29) is 0 Å². The lowest BCUT2D eigenvalue weighted by Gasteiger charge is -2.18. The van der Waals surface area contributed by atoms with Gasteiger partial charge in [-0.3, -0.25) is 0 Å². The summed E-state index contributed by atoms with van der Waals surface area (Å²) in [6.45, 7) is 4.73. The maximum atomic E-state index is 8.75. The van der Waals surface area contributed by atoms with Gasteiger partial charge in [-0.25, -0.2) is 0 Å². The highest BCUT2D eigenvalue weighted by Gasteiger charge is 2.15. The molecule has 0 radical (unpaired) electrons. The second-order valence-electron chi connectivity index (χ2n) is 4.64. The van der Waals surface area contributed by atoms with Crippen LogP contribution in [0, 0.1) is 11.3 Å². The molecule has 0 aromatic rings. The van der Waals surface area contributed by atoms with E-state index in [4.69, 9.17) is 15.7 Å². The van der Waals surface area contributed by atoms with Crippen LogP contribution in [0.5, 0.6) is 0 Å². The Kier molecular flexibility index (Phi) is 8.18. The molecule has 0 amide bonds. The lowest BCUT2D eigenvalue weighted by Crippen LogP contribution is -2.34. The molecule has 0 heterocycles. The van der Waals surface area contributed by atoms with Gasteiger partial charge in [-0.2, -0.15) is 5.26 Å². The summed E-state index contributed by atoms with van der Waals surface area (Å²) in [4.78, 5) is 2.29. The molecule has 0 aliphatic carbocycles. The summed E-state index contributed by atoms with van der Waals surface area (Å²) in [5.74, 6) is 0. The van der Waals surface area contributed by atoms with Gasteiger partial charge in [0.2, 0.25) is 0 Å². The summed E-state index contributed by atoms with van der Waals surface area (Å²) in [7, 11) is 3.84. The minimum absolute atomic E-state index is 0.658. The number of nitriles is 1. The molecule has 0 aromatic heterocycles. The van der Waals surface area contributed by atoms with E-state index < -0.39 is 5.54 Å². The summed E-state index contributed by atoms with van der Waals surface area (Å²) in [6.07, 6.45) is 3.95. The average molecular weight is 227 g/mol. The van der Waals surface area contributed by atoms with E-state index in [0.717, 1.165) is 45.4 Å². The molecule has 2 N–H and O–H groups in total. The second kappa shape index (κ2) is 8.51. The quantitative estimate of drug-likeness (QED) is 0.604. The van der Waals surface area contributed by atoms with Gasteiger partial charge in [-0.15, -0.1) is 0 Å². The molecule has 0 fully saturated rings. The maximum Gasteiger partial charge on any atom is 0.101 e. The Morgan fingerprint density at radius 2 is 1.94 bits per heavy atom. The van der Waals surface area contributed by atoms with Gasteiger partial charge in [0.05, 0.1) is 6.07 Å². The lowest BCUT2D eigenvalue weighted by atomic mass is 9.98. The summed E-state index contributed by atoms with van der Waals surface area (Å²) in [5, 5.41) is 8.75. The first-order valence-corrected chi connectivity index (χ1v) is 5.89. The van der Waals surface area contributed by atoms with Crippen molar-refractivity contribution in [2.24, 2.45) is 5.73 Å². The molecule has 1 atom stereocenters. The summed E-state index contributed by atoms with van der Waals surface area (Å²) >= 11 is 0. The molecule has 0 saturated heterocycles. The molecule has 0 saturated carbocycles. The zero-order chi connectivity index (χ0) is 12.4. The summed E-state index contributed by atoms with van der Waals surface area (Å²) < 4.78 is 5.00. The van der Waals surface area contributed by atoms with E-state index in [0.29, 0.717) is 0 Å². The van der Waals surface area contributed by atoms with E-state index in [9.17, 15) is 0 Å². The molecule has 0 rings (SSSR count). The highest BCUT2D eigenvalue weighted by molar-refractivity contribution is 5.00. The molecule has 16 heavy (non-hydrogen) atoms. The predicted molar refractivity (Wildman–Crippen MR) is 66.0 cm³/mol. The van der Waals surface area contributed by atoms with Gasteiger partial charge in [0.1, 0.15) is 5.54 Å². The Labute approximate surface area is 99.4 Å². The first-order chi connectivity index (χ1) is 7.52. The van der Waals surface area contributed by atoms with Crippen LogP contribution in [0.1, 0.15) is 32.6 Å². The Hall–Kier alpha value is -0.630. The van der Waals surface area contributed by atoms with Gasteiger partial charge in [-0.05, 0) is 46.2 Å². The van der Waals surface area contributed by atoms with Crippen molar-refractivity contribution in [3.63, 3.8) is 0 Å². The highest BCUT2D eigenvalue weighted by atomic mass is 16.5. The SMILES string of the molecule is COCCCN(C)CCCCC(C)(N)C#N. The van der Waals surface area contributed by atoms with Crippen LogP contribution >= 0.6 is 0 Å². The minimum atomic E-state index is -0.658. The minimum Gasteiger partial charge on any atom is -0.385 e. The third-order valence-corrected chi connectivity index (χ3v) is 2.63. The molecule has 0 spiro atoms. The topological polar surface area (TPSA) is 62.3 Å². The van der Waals surface area contributed by atoms with Gasteiger partial charge in [-0.1, -0.05) is 0 Å². The fraction of sp³-hybridized carbons (Fsp3) is 0.917. The third kappa shape index (κ3) is 8.66. The van der Waals surface area contributed by atoms with Crippen LogP contribution in [0.3, 0.4) is 0 Å². The fourth-order valence-electron chi connectivity index (χ4n) is 1.52. The van der Waals surface area contributed by atoms with Crippen molar-refractivity contribution in [2.45, 2.75) is 38.1 Å². The monoisotopic (exact) mass is 227 g/mol. The molecule has 0 aliphatic heterocycles. The summed E-state index contributed by atoms with van der Waals surface area (Å²) in [5.41, 5.74) is 5.08. The molecule has 4 heteroatoms. The van der Waals surface area contributed by atoms with E-state index in [1.54, 1.807) is 14.0 Å². The van der Waals surface area contributed by atoms with Crippen molar-refractivity contribution in [1.82, 2.24) is 4.90 Å². The Balaban J connectivity index is 3.41. The first-order valence-electron chi connectivity index (χ1n) is 5.89. The molecule has 0 aliphatic rings. The van der Waals surface area contributed by atoms with Crippen molar-refractivity contribution < 1.29 is 4.74 Å². The van der Waals surface area contributed by atoms with E-state index in [2.05, 4.69) is 18.0 Å². The predicted octanol–water partition coefficient (Wildman–Crippen LogP) is 1.37. The van der Waals surface area contributed by atoms with Gasteiger partial charge in [0.25, 0.3) is 0 Å². The van der Waals surface area contributed by atoms with Gasteiger partial charge < -0.3 is 15.4 Å². The zero-order valence-electron chi connectivity index (χ0n) is 10.8. The van der Waals surface area contributed by atoms with Crippen LogP contribution in [-0.2, 0) is 4.74 Å². The highest BCUT2D eigenvalue weighted by Crippen LogP contribution is 2.09. The largest absolute Gasteiger partial charge is 0.385 e. The number of nitrogens with two attached hydrogens (primary N) is 1. The van der Waals surface area contributed by atoms with Crippen LogP contribution in [-0.4, -0.2) is 44.3 Å². The van der Waals surface area contributed by atoms with Crippen molar-refractivity contribution in [3.8, 4) is 6.07 Å². The fourth-order valence-corrected chi connectivity index (χ4v) is 1.52. The van der Waals surface area contributed by atoms with E-state index in [1.165, 1.54) is 0 Å². The Morgan fingerprint density at radius 1 is 1.31 bits per heavy atom. The van der Waals surface area contributed by atoms with Gasteiger partial charge in [0.15, 0.2) is 0 Å². The molecule has 0 aromatic carbocycles. The second-order valence-corrected chi connectivity index (χ2v) is 4.64. The van der Waals surface area contributed by atoms with Crippen LogP contribution < -0.4 is 5.73 Å². The number of nitrogens with zero attached hydrogens (tertiary/aromatic N) is 2. The molecule has 1 unspecified atom stereocenters. The Bertz CT molecular complexity index is 211. The number of hydrogen-bond acceptors (Lipinski definition) is 4. The maximum absolute atomic E-state index is 8.75. The van der Waals surface area contributed by atoms with Crippen molar-refractivity contribution in [1.29, 1.82) is 5.26 Å². The third-order valence-electron chi connectivity index (χ3n) is 2.63. The smallest absolute Gasteiger partial charge is 0.101 e. The average Bonchev–Trinajstić information content (AvgIpc) is 2.25. The standard InChI is InChI=1S/C12H25N3O/c1-12(14,11-13)7-4-5-8-15(2)9-6-10-16-3/h4-10,14H2,1-3H3. The van der Waals surface area contributed by atoms with Gasteiger partial charge >= 0.3 is 0 Å². The molecular weight excluding hydrogens is 202 g/mol. The van der Waals surface area contributed by atoms with Crippen LogP contribution in [0.15, 0.2) is 0 Å². The van der Waals surface area contributed by atoms with Crippen LogP contribution in [0.25, 0.3) is 0 Å². The van der Waals surface area contributed by atoms with Crippen LogP contribution in [0.4, 0.5) is 0 Å². The molecular formula is C12H25N3O. The van der Waals surface area contributed by atoms with Crippen molar-refractivity contribution in [2.75, 3.05) is 33.9 Å². The molecule has 4 nitrogen and oxygen atoms in total. The van der Waals surface area contributed by atoms with E-state index >= 15 is 0 Å². The zero-order valence-corrected chi connectivity index (χ0v) is 10.8. The number of unbranched alkanes of at least 4 members (excludes halogenated alkanes) is 1. The van der Waals surface area contributed by atoms with Crippen LogP contribution in [0.2, 0.25) is 0 Å². The number of rotatable bonds is 9. The van der Waals surface area contributed by atoms with Crippen molar-refractivity contribution in [3.05, 3.63) is 0 Å². The van der Waals surface area contributed by atoms with E-state index in [1.807, 2.05) is 0 Å². The first kappa shape index (κ1) is 15.4. The number of hydrogen-bond donors (Lipinski definition) is 1. The van der Waals surface area contributed by atoms with Gasteiger partial charge in [0, 0.05) is 20.3 Å². The number of ether oxygens (including phenoxy) is 1. The normalized spacial score (nSPS) is 14.8. The number of methoxy groups -OCH3 is 1. The Morgan fingerprint density at radius 3 is 2.50 bits per heavy atom. The lowest BCUT2D eigenvalue weighted by molar-refractivity contribution is 0.178. The summed E-state index contributed by atoms with van der Waals surface area (Å²) in [6, 6.07) is 2.12.